The van der Waals surface area contributed by atoms with Crippen molar-refractivity contribution in [2.75, 3.05) is 0 Å². The SMILES string of the molecule is CC(C)[C@@H]1CC[C@@H](C)C[C@@H]1NCc1nc(C2CC2)no1. The smallest absolute Gasteiger partial charge is 0.240 e. The fraction of sp³-hybridized carbons (Fsp3) is 0.875. The normalized spacial score (nSPS) is 30.9. The molecule has 20 heavy (non-hydrogen) atoms. The van der Waals surface area contributed by atoms with Crippen LogP contribution in [0.25, 0.3) is 0 Å². The summed E-state index contributed by atoms with van der Waals surface area (Å²) >= 11 is 0. The van der Waals surface area contributed by atoms with Gasteiger partial charge in [-0.2, -0.15) is 4.98 Å². The summed E-state index contributed by atoms with van der Waals surface area (Å²) in [6.45, 7) is 7.77. The van der Waals surface area contributed by atoms with Gasteiger partial charge in [-0.25, -0.2) is 0 Å². The number of hydrogen-bond donors (Lipinski definition) is 1. The monoisotopic (exact) mass is 277 g/mol. The predicted octanol–water partition coefficient (Wildman–Crippen LogP) is 3.50. The zero-order valence-corrected chi connectivity index (χ0v) is 12.9. The topological polar surface area (TPSA) is 51.0 Å². The lowest BCUT2D eigenvalue weighted by atomic mass is 9.74. The Morgan fingerprint density at radius 2 is 2.05 bits per heavy atom. The second kappa shape index (κ2) is 5.84. The van der Waals surface area contributed by atoms with E-state index in [0.717, 1.165) is 36.0 Å². The summed E-state index contributed by atoms with van der Waals surface area (Å²) in [7, 11) is 0. The molecule has 4 heteroatoms. The summed E-state index contributed by atoms with van der Waals surface area (Å²) in [5, 5.41) is 7.76. The summed E-state index contributed by atoms with van der Waals surface area (Å²) in [5.74, 6) is 4.59. The first kappa shape index (κ1) is 14.1. The van der Waals surface area contributed by atoms with Crippen LogP contribution in [0.5, 0.6) is 0 Å². The van der Waals surface area contributed by atoms with E-state index in [4.69, 9.17) is 4.52 Å². The van der Waals surface area contributed by atoms with Crippen LogP contribution in [0.2, 0.25) is 0 Å². The summed E-state index contributed by atoms with van der Waals surface area (Å²) in [6, 6.07) is 0.593. The second-order valence-electron chi connectivity index (χ2n) is 7.13. The van der Waals surface area contributed by atoms with Crippen LogP contribution in [0.4, 0.5) is 0 Å². The van der Waals surface area contributed by atoms with Crippen LogP contribution in [-0.2, 0) is 6.54 Å². The van der Waals surface area contributed by atoms with Crippen molar-refractivity contribution in [1.82, 2.24) is 15.5 Å². The van der Waals surface area contributed by atoms with E-state index in [-0.39, 0.29) is 0 Å². The van der Waals surface area contributed by atoms with Crippen molar-refractivity contribution in [3.63, 3.8) is 0 Å². The molecule has 2 saturated carbocycles. The second-order valence-corrected chi connectivity index (χ2v) is 7.13. The van der Waals surface area contributed by atoms with Gasteiger partial charge < -0.3 is 9.84 Å². The molecule has 0 spiro atoms. The molecule has 112 valence electrons. The van der Waals surface area contributed by atoms with Gasteiger partial charge in [-0.15, -0.1) is 0 Å². The molecule has 0 radical (unpaired) electrons. The first-order valence-electron chi connectivity index (χ1n) is 8.19. The molecule has 0 aliphatic heterocycles. The number of nitrogens with one attached hydrogen (secondary N) is 1. The van der Waals surface area contributed by atoms with E-state index in [9.17, 15) is 0 Å². The zero-order valence-electron chi connectivity index (χ0n) is 12.9. The molecule has 3 atom stereocenters. The Morgan fingerprint density at radius 3 is 2.75 bits per heavy atom. The average Bonchev–Trinajstić information content (AvgIpc) is 3.15. The van der Waals surface area contributed by atoms with Crippen LogP contribution in [-0.4, -0.2) is 16.2 Å². The molecule has 1 N–H and O–H groups in total. The Morgan fingerprint density at radius 1 is 1.25 bits per heavy atom. The van der Waals surface area contributed by atoms with E-state index >= 15 is 0 Å². The molecule has 0 amide bonds. The number of rotatable bonds is 5. The number of aromatic nitrogens is 2. The van der Waals surface area contributed by atoms with E-state index in [1.165, 1.54) is 32.1 Å². The third-order valence-electron chi connectivity index (χ3n) is 4.96. The van der Waals surface area contributed by atoms with Gasteiger partial charge in [0.2, 0.25) is 5.89 Å². The minimum absolute atomic E-state index is 0.575. The van der Waals surface area contributed by atoms with E-state index < -0.39 is 0 Å². The van der Waals surface area contributed by atoms with Gasteiger partial charge >= 0.3 is 0 Å². The van der Waals surface area contributed by atoms with Crippen LogP contribution < -0.4 is 5.32 Å². The maximum Gasteiger partial charge on any atom is 0.240 e. The molecule has 2 aliphatic rings. The molecule has 0 saturated heterocycles. The molecule has 0 bridgehead atoms. The first-order valence-corrected chi connectivity index (χ1v) is 8.19. The van der Waals surface area contributed by atoms with Crippen LogP contribution in [0.1, 0.15) is 70.5 Å². The lowest BCUT2D eigenvalue weighted by molar-refractivity contribution is 0.165. The van der Waals surface area contributed by atoms with Gasteiger partial charge in [0, 0.05) is 12.0 Å². The zero-order chi connectivity index (χ0) is 14.1. The molecule has 1 heterocycles. The molecule has 0 aromatic carbocycles. The van der Waals surface area contributed by atoms with Gasteiger partial charge in [0.1, 0.15) is 0 Å². The van der Waals surface area contributed by atoms with Gasteiger partial charge in [-0.1, -0.05) is 32.3 Å². The van der Waals surface area contributed by atoms with Crippen molar-refractivity contribution in [2.24, 2.45) is 17.8 Å². The fourth-order valence-corrected chi connectivity index (χ4v) is 3.50. The molecule has 0 unspecified atom stereocenters. The summed E-state index contributed by atoms with van der Waals surface area (Å²) in [4.78, 5) is 4.51. The standard InChI is InChI=1S/C16H27N3O/c1-10(2)13-7-4-11(3)8-14(13)17-9-15-18-16(19-20-15)12-5-6-12/h10-14,17H,4-9H2,1-3H3/t11-,13+,14+/m1/s1. The van der Waals surface area contributed by atoms with Crippen molar-refractivity contribution in [2.45, 2.75) is 71.4 Å². The Labute approximate surface area is 121 Å². The van der Waals surface area contributed by atoms with Gasteiger partial charge in [0.25, 0.3) is 0 Å². The van der Waals surface area contributed by atoms with Gasteiger partial charge in [0.15, 0.2) is 5.82 Å². The summed E-state index contributed by atoms with van der Waals surface area (Å²) in [5.41, 5.74) is 0. The highest BCUT2D eigenvalue weighted by molar-refractivity contribution is 5.03. The third kappa shape index (κ3) is 3.22. The van der Waals surface area contributed by atoms with Crippen LogP contribution in [0.3, 0.4) is 0 Å². The minimum Gasteiger partial charge on any atom is -0.338 e. The van der Waals surface area contributed by atoms with Crippen molar-refractivity contribution < 1.29 is 4.52 Å². The van der Waals surface area contributed by atoms with Gasteiger partial charge in [-0.05, 0) is 43.4 Å². The molecule has 1 aromatic heterocycles. The molecule has 1 aromatic rings. The van der Waals surface area contributed by atoms with Crippen molar-refractivity contribution in [3.05, 3.63) is 11.7 Å². The summed E-state index contributed by atoms with van der Waals surface area (Å²) < 4.78 is 5.36. The Hall–Kier alpha value is -0.900. The third-order valence-corrected chi connectivity index (χ3v) is 4.96. The van der Waals surface area contributed by atoms with Gasteiger partial charge in [0.05, 0.1) is 6.54 Å². The quantitative estimate of drug-likeness (QED) is 0.895. The van der Waals surface area contributed by atoms with E-state index in [1.807, 2.05) is 0 Å². The minimum atomic E-state index is 0.575. The molecule has 3 rings (SSSR count). The molecular formula is C16H27N3O. The maximum absolute atomic E-state index is 5.36. The van der Waals surface area contributed by atoms with Crippen molar-refractivity contribution >= 4 is 0 Å². The number of nitrogens with zero attached hydrogens (tertiary/aromatic N) is 2. The largest absolute Gasteiger partial charge is 0.338 e. The van der Waals surface area contributed by atoms with Crippen molar-refractivity contribution in [3.8, 4) is 0 Å². The predicted molar refractivity (Wildman–Crippen MR) is 78.2 cm³/mol. The van der Waals surface area contributed by atoms with E-state index in [2.05, 4.69) is 36.2 Å². The fourth-order valence-electron chi connectivity index (χ4n) is 3.50. The van der Waals surface area contributed by atoms with Crippen LogP contribution in [0.15, 0.2) is 4.52 Å². The average molecular weight is 277 g/mol. The Balaban J connectivity index is 1.56. The van der Waals surface area contributed by atoms with E-state index in [0.29, 0.717) is 12.0 Å². The first-order chi connectivity index (χ1) is 9.63. The van der Waals surface area contributed by atoms with E-state index in [1.54, 1.807) is 0 Å². The highest BCUT2D eigenvalue weighted by atomic mass is 16.5. The van der Waals surface area contributed by atoms with Gasteiger partial charge in [-0.3, -0.25) is 0 Å². The highest BCUT2D eigenvalue weighted by Crippen LogP contribution is 2.38. The summed E-state index contributed by atoms with van der Waals surface area (Å²) in [6.07, 6.45) is 6.43. The lowest BCUT2D eigenvalue weighted by Crippen LogP contribution is -2.42. The maximum atomic E-state index is 5.36. The van der Waals surface area contributed by atoms with Crippen molar-refractivity contribution in [1.29, 1.82) is 0 Å². The Bertz CT molecular complexity index is 439. The molecule has 2 aliphatic carbocycles. The molecule has 2 fully saturated rings. The highest BCUT2D eigenvalue weighted by Gasteiger charge is 2.31. The molecule has 4 nitrogen and oxygen atoms in total. The number of hydrogen-bond acceptors (Lipinski definition) is 4. The van der Waals surface area contributed by atoms with Crippen LogP contribution >= 0.6 is 0 Å². The lowest BCUT2D eigenvalue weighted by Gasteiger charge is -2.37. The van der Waals surface area contributed by atoms with Crippen LogP contribution in [0, 0.1) is 17.8 Å². The Kier molecular flexibility index (Phi) is 4.11. The molecular weight excluding hydrogens is 250 g/mol.